The van der Waals surface area contributed by atoms with E-state index in [4.69, 9.17) is 16.2 Å². The van der Waals surface area contributed by atoms with Gasteiger partial charge in [-0.1, -0.05) is 30.3 Å². The van der Waals surface area contributed by atoms with Gasteiger partial charge in [0, 0.05) is 0 Å². The van der Waals surface area contributed by atoms with Crippen LogP contribution in [0.25, 0.3) is 0 Å². The molecular weight excluding hydrogens is 380 g/mol. The molecule has 8 nitrogen and oxygen atoms in total. The lowest BCUT2D eigenvalue weighted by Crippen LogP contribution is -2.41. The van der Waals surface area contributed by atoms with E-state index in [1.807, 2.05) is 0 Å². The second-order valence-electron chi connectivity index (χ2n) is 6.10. The number of benzene rings is 2. The summed E-state index contributed by atoms with van der Waals surface area (Å²) in [4.78, 5) is 15.9. The fourth-order valence-electron chi connectivity index (χ4n) is 2.42. The van der Waals surface area contributed by atoms with Crippen LogP contribution >= 0.6 is 0 Å². The maximum absolute atomic E-state index is 12.5. The van der Waals surface area contributed by atoms with Crippen molar-refractivity contribution in [3.8, 4) is 5.75 Å². The molecule has 28 heavy (non-hydrogen) atoms. The van der Waals surface area contributed by atoms with E-state index in [-0.39, 0.29) is 23.1 Å². The van der Waals surface area contributed by atoms with Crippen LogP contribution in [0.5, 0.6) is 5.75 Å². The van der Waals surface area contributed by atoms with E-state index in [0.717, 1.165) is 5.56 Å². The predicted molar refractivity (Wildman–Crippen MR) is 108 cm³/mol. The number of nitrogens with one attached hydrogen (secondary N) is 1. The quantitative estimate of drug-likeness (QED) is 0.305. The number of ketones is 1. The zero-order valence-electron chi connectivity index (χ0n) is 15.5. The van der Waals surface area contributed by atoms with Crippen molar-refractivity contribution in [1.29, 1.82) is 0 Å². The number of guanidine groups is 1. The molecule has 5 N–H and O–H groups in total. The minimum Gasteiger partial charge on any atom is -0.492 e. The van der Waals surface area contributed by atoms with Crippen LogP contribution in [-0.4, -0.2) is 39.4 Å². The molecule has 0 saturated carbocycles. The molecule has 2 aromatic carbocycles. The first-order valence-corrected chi connectivity index (χ1v) is 10.1. The standard InChI is InChI=1S/C19H24N4O4S/c1-14(24)18(23-28(25,26)17-5-3-2-4-6-17)13-15-7-9-16(10-8-15)27-12-11-22-19(20)21/h2-10,18,23H,11-13H2,1H3,(H4,20,21,22). The van der Waals surface area contributed by atoms with Crippen LogP contribution in [0.1, 0.15) is 12.5 Å². The Hall–Kier alpha value is -2.91. The molecule has 0 aliphatic carbocycles. The second kappa shape index (κ2) is 9.86. The van der Waals surface area contributed by atoms with Gasteiger partial charge in [-0.3, -0.25) is 9.79 Å². The second-order valence-corrected chi connectivity index (χ2v) is 7.81. The van der Waals surface area contributed by atoms with Crippen molar-refractivity contribution < 1.29 is 17.9 Å². The van der Waals surface area contributed by atoms with Crippen LogP contribution < -0.4 is 20.9 Å². The van der Waals surface area contributed by atoms with E-state index in [0.29, 0.717) is 18.9 Å². The number of nitrogens with zero attached hydrogens (tertiary/aromatic N) is 1. The van der Waals surface area contributed by atoms with Crippen molar-refractivity contribution in [3.05, 3.63) is 60.2 Å². The summed E-state index contributed by atoms with van der Waals surface area (Å²) < 4.78 is 32.9. The van der Waals surface area contributed by atoms with Crippen molar-refractivity contribution in [1.82, 2.24) is 4.72 Å². The highest BCUT2D eigenvalue weighted by atomic mass is 32.2. The normalized spacial score (nSPS) is 12.2. The Morgan fingerprint density at radius 2 is 1.75 bits per heavy atom. The Balaban J connectivity index is 2.00. The van der Waals surface area contributed by atoms with E-state index in [1.165, 1.54) is 19.1 Å². The average Bonchev–Trinajstić information content (AvgIpc) is 2.66. The molecule has 1 atom stereocenters. The van der Waals surface area contributed by atoms with E-state index in [1.54, 1.807) is 42.5 Å². The molecule has 0 fully saturated rings. The van der Waals surface area contributed by atoms with Gasteiger partial charge in [-0.25, -0.2) is 13.1 Å². The smallest absolute Gasteiger partial charge is 0.241 e. The molecule has 150 valence electrons. The summed E-state index contributed by atoms with van der Waals surface area (Å²) in [7, 11) is -3.78. The molecule has 0 amide bonds. The first kappa shape index (κ1) is 21.4. The molecule has 9 heteroatoms. The third-order valence-electron chi connectivity index (χ3n) is 3.86. The summed E-state index contributed by atoms with van der Waals surface area (Å²) in [6.07, 6.45) is 0.232. The van der Waals surface area contributed by atoms with Gasteiger partial charge in [0.15, 0.2) is 5.96 Å². The van der Waals surface area contributed by atoms with Gasteiger partial charge < -0.3 is 16.2 Å². The molecule has 0 bridgehead atoms. The van der Waals surface area contributed by atoms with Crippen molar-refractivity contribution in [2.45, 2.75) is 24.3 Å². The molecule has 0 saturated heterocycles. The summed E-state index contributed by atoms with van der Waals surface area (Å²) in [5.74, 6) is 0.364. The third-order valence-corrected chi connectivity index (χ3v) is 5.35. The number of ether oxygens (including phenoxy) is 1. The fraction of sp³-hybridized carbons (Fsp3) is 0.263. The summed E-state index contributed by atoms with van der Waals surface area (Å²) >= 11 is 0. The number of hydrogen-bond acceptors (Lipinski definition) is 5. The maximum atomic E-state index is 12.5. The summed E-state index contributed by atoms with van der Waals surface area (Å²) in [6, 6.07) is 14.1. The van der Waals surface area contributed by atoms with E-state index in [2.05, 4.69) is 9.71 Å². The topological polar surface area (TPSA) is 137 Å². The zero-order chi connectivity index (χ0) is 20.6. The zero-order valence-corrected chi connectivity index (χ0v) is 16.4. The van der Waals surface area contributed by atoms with Crippen LogP contribution in [0.15, 0.2) is 64.5 Å². The highest BCUT2D eigenvalue weighted by molar-refractivity contribution is 7.89. The summed E-state index contributed by atoms with van der Waals surface area (Å²) in [5.41, 5.74) is 11.3. The number of carbonyl (C=O) groups is 1. The number of aliphatic imine (C=N–C) groups is 1. The Morgan fingerprint density at radius 3 is 2.32 bits per heavy atom. The average molecular weight is 404 g/mol. The van der Waals surface area contributed by atoms with Crippen molar-refractivity contribution in [2.75, 3.05) is 13.2 Å². The summed E-state index contributed by atoms with van der Waals surface area (Å²) in [5, 5.41) is 0. The molecule has 0 heterocycles. The SMILES string of the molecule is CC(=O)C(Cc1ccc(OCCN=C(N)N)cc1)NS(=O)(=O)c1ccccc1. The Bertz CT molecular complexity index is 909. The van der Waals surface area contributed by atoms with Gasteiger partial charge in [-0.15, -0.1) is 0 Å². The fourth-order valence-corrected chi connectivity index (χ4v) is 3.69. The number of rotatable bonds is 10. The van der Waals surface area contributed by atoms with Gasteiger partial charge in [0.2, 0.25) is 10.0 Å². The largest absolute Gasteiger partial charge is 0.492 e. The first-order valence-electron chi connectivity index (χ1n) is 8.63. The molecule has 0 radical (unpaired) electrons. The van der Waals surface area contributed by atoms with Gasteiger partial charge in [-0.05, 0) is 43.2 Å². The van der Waals surface area contributed by atoms with Gasteiger partial charge in [0.25, 0.3) is 0 Å². The third kappa shape index (κ3) is 6.67. The number of Topliss-reactive ketones (excluding diaryl/α,β-unsaturated/α-hetero) is 1. The molecular formula is C19H24N4O4S. The molecule has 0 spiro atoms. The molecule has 0 aliphatic rings. The minimum absolute atomic E-state index is 0.00665. The van der Waals surface area contributed by atoms with Gasteiger partial charge in [0.1, 0.15) is 18.1 Å². The van der Waals surface area contributed by atoms with Gasteiger partial charge in [0.05, 0.1) is 17.5 Å². The Kier molecular flexibility index (Phi) is 7.53. The van der Waals surface area contributed by atoms with Gasteiger partial charge >= 0.3 is 0 Å². The number of nitrogens with two attached hydrogens (primary N) is 2. The van der Waals surface area contributed by atoms with E-state index < -0.39 is 16.1 Å². The monoisotopic (exact) mass is 404 g/mol. The lowest BCUT2D eigenvalue weighted by molar-refractivity contribution is -0.118. The first-order chi connectivity index (χ1) is 13.3. The van der Waals surface area contributed by atoms with Crippen LogP contribution in [-0.2, 0) is 21.2 Å². The lowest BCUT2D eigenvalue weighted by atomic mass is 10.0. The molecule has 2 aromatic rings. The molecule has 0 aliphatic heterocycles. The number of sulfonamides is 1. The number of carbonyl (C=O) groups excluding carboxylic acids is 1. The summed E-state index contributed by atoms with van der Waals surface area (Å²) in [6.45, 7) is 2.03. The Labute approximate surface area is 164 Å². The minimum atomic E-state index is -3.78. The van der Waals surface area contributed by atoms with E-state index >= 15 is 0 Å². The molecule has 2 rings (SSSR count). The van der Waals surface area contributed by atoms with Crippen LogP contribution in [0.4, 0.5) is 0 Å². The highest BCUT2D eigenvalue weighted by Crippen LogP contribution is 2.15. The van der Waals surface area contributed by atoms with E-state index in [9.17, 15) is 13.2 Å². The lowest BCUT2D eigenvalue weighted by Gasteiger charge is -2.16. The maximum Gasteiger partial charge on any atom is 0.241 e. The molecule has 1 unspecified atom stereocenters. The Morgan fingerprint density at radius 1 is 1.11 bits per heavy atom. The van der Waals surface area contributed by atoms with Crippen molar-refractivity contribution >= 4 is 21.8 Å². The number of hydrogen-bond donors (Lipinski definition) is 3. The highest BCUT2D eigenvalue weighted by Gasteiger charge is 2.23. The van der Waals surface area contributed by atoms with Crippen molar-refractivity contribution in [2.24, 2.45) is 16.5 Å². The van der Waals surface area contributed by atoms with Crippen LogP contribution in [0.2, 0.25) is 0 Å². The van der Waals surface area contributed by atoms with Crippen LogP contribution in [0.3, 0.4) is 0 Å². The molecule has 0 aromatic heterocycles. The van der Waals surface area contributed by atoms with Gasteiger partial charge in [-0.2, -0.15) is 0 Å². The van der Waals surface area contributed by atoms with Crippen LogP contribution in [0, 0.1) is 0 Å². The predicted octanol–water partition coefficient (Wildman–Crippen LogP) is 0.817. The van der Waals surface area contributed by atoms with Crippen molar-refractivity contribution in [3.63, 3.8) is 0 Å².